The van der Waals surface area contributed by atoms with E-state index in [1.54, 1.807) is 24.3 Å². The third-order valence-electron chi connectivity index (χ3n) is 7.10. The number of nitrogens with one attached hydrogen (secondary N) is 3. The monoisotopic (exact) mass is 553 g/mol. The molecule has 2 aliphatic rings. The highest BCUT2D eigenvalue weighted by atomic mass is 16.2. The molecule has 3 rings (SSSR count). The average molecular weight is 554 g/mol. The minimum atomic E-state index is -1.52. The van der Waals surface area contributed by atoms with Crippen LogP contribution in [0.15, 0.2) is 36.4 Å². The fourth-order valence-corrected chi connectivity index (χ4v) is 4.65. The zero-order valence-corrected chi connectivity index (χ0v) is 22.7. The molecule has 1 heterocycles. The molecule has 215 valence electrons. The molecule has 1 aliphatic carbocycles. The first-order chi connectivity index (χ1) is 19.1. The Bertz CT molecular complexity index is 1140. The number of amides is 7. The summed E-state index contributed by atoms with van der Waals surface area (Å²) in [4.78, 5) is 76.8. The van der Waals surface area contributed by atoms with E-state index >= 15 is 0 Å². The van der Waals surface area contributed by atoms with Crippen molar-refractivity contribution >= 4 is 41.3 Å². The molecule has 12 heteroatoms. The van der Waals surface area contributed by atoms with Crippen LogP contribution >= 0.6 is 0 Å². The van der Waals surface area contributed by atoms with Gasteiger partial charge in [-0.2, -0.15) is 5.01 Å². The van der Waals surface area contributed by atoms with E-state index in [9.17, 15) is 28.8 Å². The molecule has 1 aromatic rings. The van der Waals surface area contributed by atoms with E-state index in [-0.39, 0.29) is 32.4 Å². The van der Waals surface area contributed by atoms with Gasteiger partial charge in [0.2, 0.25) is 11.8 Å². The number of nitrogens with zero attached hydrogens (tertiary/aromatic N) is 2. The first-order valence-corrected chi connectivity index (χ1v) is 13.5. The van der Waals surface area contributed by atoms with Crippen LogP contribution in [0.5, 0.6) is 0 Å². The van der Waals surface area contributed by atoms with E-state index in [0.29, 0.717) is 24.9 Å². The molecule has 0 unspecified atom stereocenters. The molecule has 1 aliphatic heterocycles. The van der Waals surface area contributed by atoms with Crippen LogP contribution in [0.1, 0.15) is 63.9 Å². The normalized spacial score (nSPS) is 16.2. The van der Waals surface area contributed by atoms with Gasteiger partial charge in [0.25, 0.3) is 17.7 Å². The summed E-state index contributed by atoms with van der Waals surface area (Å²) in [5.74, 6) is -3.07. The molecule has 1 atom stereocenters. The Balaban J connectivity index is 1.80. The molecular formula is C28H37N6O6. The van der Waals surface area contributed by atoms with Gasteiger partial charge in [-0.1, -0.05) is 38.3 Å². The van der Waals surface area contributed by atoms with Gasteiger partial charge >= 0.3 is 6.03 Å². The number of nitrogens with two attached hydrogens (primary N) is 1. The molecular weight excluding hydrogens is 516 g/mol. The minimum absolute atomic E-state index is 0.103. The van der Waals surface area contributed by atoms with Crippen molar-refractivity contribution in [1.29, 1.82) is 0 Å². The molecule has 0 spiro atoms. The van der Waals surface area contributed by atoms with E-state index in [2.05, 4.69) is 22.9 Å². The predicted octanol–water partition coefficient (Wildman–Crippen LogP) is 1.77. The number of hydrogen-bond donors (Lipinski definition) is 4. The lowest BCUT2D eigenvalue weighted by Crippen LogP contribution is -2.62. The van der Waals surface area contributed by atoms with Crippen molar-refractivity contribution in [1.82, 2.24) is 20.7 Å². The number of unbranched alkanes of at least 4 members (excludes halogenated alkanes) is 2. The number of imide groups is 1. The summed E-state index contributed by atoms with van der Waals surface area (Å²) >= 11 is 0. The van der Waals surface area contributed by atoms with Gasteiger partial charge in [-0.15, -0.1) is 0 Å². The van der Waals surface area contributed by atoms with Gasteiger partial charge in [0.1, 0.15) is 11.5 Å². The summed E-state index contributed by atoms with van der Waals surface area (Å²) in [7, 11) is 0. The van der Waals surface area contributed by atoms with E-state index in [1.165, 1.54) is 0 Å². The second-order valence-corrected chi connectivity index (χ2v) is 10.0. The molecule has 1 fully saturated rings. The first kappa shape index (κ1) is 30.3. The van der Waals surface area contributed by atoms with E-state index in [0.717, 1.165) is 40.6 Å². The van der Waals surface area contributed by atoms with Crippen molar-refractivity contribution in [3.63, 3.8) is 0 Å². The number of rotatable bonds is 14. The average Bonchev–Trinajstić information content (AvgIpc) is 3.21. The largest absolute Gasteiger partial charge is 0.352 e. The number of primary amides is 1. The van der Waals surface area contributed by atoms with Crippen LogP contribution in [0.4, 0.5) is 10.5 Å². The lowest BCUT2D eigenvalue weighted by molar-refractivity contribution is -0.179. The Morgan fingerprint density at radius 1 is 1.05 bits per heavy atom. The van der Waals surface area contributed by atoms with Crippen molar-refractivity contribution in [3.8, 4) is 0 Å². The number of urea groups is 1. The second-order valence-electron chi connectivity index (χ2n) is 10.0. The molecule has 40 heavy (non-hydrogen) atoms. The SMILES string of the molecule is [CH2]c1ccc(NC(=O)[C@H](CCCNC(N)=O)NC(=O)C2(C(=O)N(CCCCC)N3C(=O)C=CC3=O)CCC2)cc1. The quantitative estimate of drug-likeness (QED) is 0.155. The number of benzene rings is 1. The number of anilines is 1. The summed E-state index contributed by atoms with van der Waals surface area (Å²) in [6.07, 6.45) is 5.86. The lowest BCUT2D eigenvalue weighted by Gasteiger charge is -2.44. The van der Waals surface area contributed by atoms with E-state index < -0.39 is 47.0 Å². The highest BCUT2D eigenvalue weighted by Gasteiger charge is 2.55. The van der Waals surface area contributed by atoms with Gasteiger partial charge in [0.15, 0.2) is 0 Å². The van der Waals surface area contributed by atoms with Crippen molar-refractivity contribution in [2.75, 3.05) is 18.4 Å². The summed E-state index contributed by atoms with van der Waals surface area (Å²) in [6, 6.07) is 5.07. The third-order valence-corrected chi connectivity index (χ3v) is 7.10. The molecule has 0 bridgehead atoms. The van der Waals surface area contributed by atoms with Crippen LogP contribution in [0.3, 0.4) is 0 Å². The Morgan fingerprint density at radius 3 is 2.25 bits per heavy atom. The maximum absolute atomic E-state index is 13.9. The Kier molecular flexibility index (Phi) is 10.4. The topological polar surface area (TPSA) is 171 Å². The summed E-state index contributed by atoms with van der Waals surface area (Å²) < 4.78 is 0. The van der Waals surface area contributed by atoms with Gasteiger partial charge in [-0.3, -0.25) is 24.0 Å². The van der Waals surface area contributed by atoms with Crippen LogP contribution in [-0.4, -0.2) is 64.7 Å². The van der Waals surface area contributed by atoms with Crippen LogP contribution in [0.2, 0.25) is 0 Å². The van der Waals surface area contributed by atoms with E-state index in [1.807, 2.05) is 6.92 Å². The Hall–Kier alpha value is -4.22. The van der Waals surface area contributed by atoms with Crippen LogP contribution in [0.25, 0.3) is 0 Å². The van der Waals surface area contributed by atoms with Crippen molar-refractivity contribution < 1.29 is 28.8 Å². The molecule has 1 radical (unpaired) electrons. The maximum Gasteiger partial charge on any atom is 0.312 e. The summed E-state index contributed by atoms with van der Waals surface area (Å²) in [6.45, 7) is 6.09. The highest BCUT2D eigenvalue weighted by molar-refractivity contribution is 6.15. The zero-order valence-electron chi connectivity index (χ0n) is 22.7. The lowest BCUT2D eigenvalue weighted by atomic mass is 9.67. The zero-order chi connectivity index (χ0) is 29.3. The molecule has 12 nitrogen and oxygen atoms in total. The van der Waals surface area contributed by atoms with Crippen LogP contribution in [-0.2, 0) is 24.0 Å². The standard InChI is InChI=1S/C28H37N6O6/c1-3-4-5-18-33(34-22(35)13-14-23(34)36)26(39)28(15-7-16-28)25(38)32-21(8-6-17-30-27(29)40)24(37)31-20-11-9-19(2)10-12-20/h9-14,21H,2-8,15-18H2,1H3,(H,31,37)(H,32,38)(H3,29,30,40)/t21-/m0/s1. The highest BCUT2D eigenvalue weighted by Crippen LogP contribution is 2.43. The Labute approximate surface area is 233 Å². The van der Waals surface area contributed by atoms with Crippen LogP contribution in [0, 0.1) is 12.3 Å². The van der Waals surface area contributed by atoms with Crippen molar-refractivity contribution in [2.45, 2.75) is 64.3 Å². The fraction of sp³-hybridized carbons (Fsp3) is 0.464. The summed E-state index contributed by atoms with van der Waals surface area (Å²) in [5, 5.41) is 9.82. The van der Waals surface area contributed by atoms with E-state index in [4.69, 9.17) is 5.73 Å². The molecule has 5 N–H and O–H groups in total. The molecule has 1 aromatic carbocycles. The molecule has 1 saturated carbocycles. The first-order valence-electron chi connectivity index (χ1n) is 13.5. The second kappa shape index (κ2) is 13.7. The van der Waals surface area contributed by atoms with Crippen LogP contribution < -0.4 is 21.7 Å². The minimum Gasteiger partial charge on any atom is -0.352 e. The van der Waals surface area contributed by atoms with Gasteiger partial charge in [0.05, 0.1) is 0 Å². The van der Waals surface area contributed by atoms with Gasteiger partial charge < -0.3 is 21.7 Å². The van der Waals surface area contributed by atoms with Crippen molar-refractivity contribution in [2.24, 2.45) is 11.1 Å². The number of carbonyl (C=O) groups excluding carboxylic acids is 6. The number of hydrazine groups is 1. The number of carbonyl (C=O) groups is 6. The predicted molar refractivity (Wildman–Crippen MR) is 147 cm³/mol. The number of hydrogen-bond acceptors (Lipinski definition) is 6. The van der Waals surface area contributed by atoms with Gasteiger partial charge in [0, 0.05) is 30.9 Å². The third kappa shape index (κ3) is 7.25. The smallest absolute Gasteiger partial charge is 0.312 e. The fourth-order valence-electron chi connectivity index (χ4n) is 4.65. The maximum atomic E-state index is 13.9. The Morgan fingerprint density at radius 2 is 1.70 bits per heavy atom. The van der Waals surface area contributed by atoms with Gasteiger partial charge in [-0.05, 0) is 56.7 Å². The molecule has 0 aromatic heterocycles. The summed E-state index contributed by atoms with van der Waals surface area (Å²) in [5.41, 5.74) is 4.87. The van der Waals surface area contributed by atoms with Gasteiger partial charge in [-0.25, -0.2) is 9.80 Å². The molecule has 0 saturated heterocycles. The molecule has 7 amide bonds. The van der Waals surface area contributed by atoms with Crippen molar-refractivity contribution in [3.05, 3.63) is 48.9 Å².